The van der Waals surface area contributed by atoms with Crippen LogP contribution >= 0.6 is 11.8 Å². The molecule has 7 heteroatoms. The number of urea groups is 1. The summed E-state index contributed by atoms with van der Waals surface area (Å²) in [5.41, 5.74) is 3.36. The Kier molecular flexibility index (Phi) is 5.49. The number of piperazine rings is 1. The highest BCUT2D eigenvalue weighted by molar-refractivity contribution is 7.99. The van der Waals surface area contributed by atoms with E-state index in [9.17, 15) is 9.59 Å². The zero-order valence-corrected chi connectivity index (χ0v) is 18.6. The third-order valence-electron chi connectivity index (χ3n) is 5.90. The lowest BCUT2D eigenvalue weighted by molar-refractivity contribution is 0.0990. The van der Waals surface area contributed by atoms with Gasteiger partial charge in [-0.25, -0.2) is 4.79 Å². The van der Waals surface area contributed by atoms with Gasteiger partial charge in [0.25, 0.3) is 5.91 Å². The zero-order valence-electron chi connectivity index (χ0n) is 17.8. The highest BCUT2D eigenvalue weighted by Crippen LogP contribution is 2.41. The Morgan fingerprint density at radius 1 is 0.875 bits per heavy atom. The minimum Gasteiger partial charge on any atom is -0.368 e. The van der Waals surface area contributed by atoms with Gasteiger partial charge in [0, 0.05) is 54.4 Å². The number of rotatable bonds is 2. The number of fused-ring (bicyclic) bond motifs is 2. The predicted octanol–water partition coefficient (Wildman–Crippen LogP) is 4.78. The van der Waals surface area contributed by atoms with Crippen LogP contribution in [0.2, 0.25) is 0 Å². The van der Waals surface area contributed by atoms with E-state index in [4.69, 9.17) is 0 Å². The lowest BCUT2D eigenvalue weighted by atomic mass is 10.2. The average Bonchev–Trinajstić information content (AvgIpc) is 2.94. The molecule has 0 saturated carbocycles. The normalized spacial score (nSPS) is 15.7. The quantitative estimate of drug-likeness (QED) is 0.618. The molecule has 1 N–H and O–H groups in total. The van der Waals surface area contributed by atoms with Crippen molar-refractivity contribution in [3.63, 3.8) is 0 Å². The van der Waals surface area contributed by atoms with Crippen LogP contribution < -0.4 is 15.1 Å². The van der Waals surface area contributed by atoms with E-state index >= 15 is 0 Å². The Hall–Kier alpha value is -3.45. The molecule has 6 nitrogen and oxygen atoms in total. The molecule has 2 heterocycles. The second-order valence-electron chi connectivity index (χ2n) is 7.88. The monoisotopic (exact) mass is 444 g/mol. The molecule has 1 fully saturated rings. The second kappa shape index (κ2) is 8.59. The summed E-state index contributed by atoms with van der Waals surface area (Å²) in [6, 6.07) is 23.5. The summed E-state index contributed by atoms with van der Waals surface area (Å²) >= 11 is 1.57. The van der Waals surface area contributed by atoms with E-state index in [1.807, 2.05) is 65.6 Å². The summed E-state index contributed by atoms with van der Waals surface area (Å²) in [6.07, 6.45) is 0. The molecule has 1 saturated heterocycles. The number of hydrogen-bond acceptors (Lipinski definition) is 4. The Balaban J connectivity index is 1.28. The van der Waals surface area contributed by atoms with Crippen molar-refractivity contribution in [2.24, 2.45) is 0 Å². The van der Waals surface area contributed by atoms with Crippen molar-refractivity contribution < 1.29 is 9.59 Å². The van der Waals surface area contributed by atoms with Crippen molar-refractivity contribution in [2.45, 2.75) is 9.79 Å². The summed E-state index contributed by atoms with van der Waals surface area (Å²) in [7, 11) is 1.78. The maximum absolute atomic E-state index is 12.9. The van der Waals surface area contributed by atoms with Crippen LogP contribution in [0.4, 0.5) is 21.9 Å². The first-order valence-corrected chi connectivity index (χ1v) is 11.5. The zero-order chi connectivity index (χ0) is 22.1. The molecule has 32 heavy (non-hydrogen) atoms. The van der Waals surface area contributed by atoms with Crippen LogP contribution in [0.1, 0.15) is 10.4 Å². The van der Waals surface area contributed by atoms with Gasteiger partial charge in [-0.15, -0.1) is 0 Å². The average molecular weight is 445 g/mol. The van der Waals surface area contributed by atoms with Crippen molar-refractivity contribution in [3.05, 3.63) is 78.4 Å². The van der Waals surface area contributed by atoms with Crippen molar-refractivity contribution in [3.8, 4) is 0 Å². The van der Waals surface area contributed by atoms with E-state index in [0.29, 0.717) is 24.3 Å². The number of carbonyl (C=O) groups excluding carboxylic acids is 2. The molecule has 0 spiro atoms. The molecule has 0 radical (unpaired) electrons. The van der Waals surface area contributed by atoms with E-state index in [-0.39, 0.29) is 11.9 Å². The lowest BCUT2D eigenvalue weighted by Crippen LogP contribution is -2.50. The molecule has 0 bridgehead atoms. The van der Waals surface area contributed by atoms with Crippen LogP contribution in [-0.2, 0) is 0 Å². The third kappa shape index (κ3) is 3.91. The molecule has 0 aliphatic carbocycles. The van der Waals surface area contributed by atoms with Gasteiger partial charge in [-0.05, 0) is 42.5 Å². The van der Waals surface area contributed by atoms with E-state index in [1.165, 1.54) is 5.69 Å². The van der Waals surface area contributed by atoms with Crippen LogP contribution in [0.25, 0.3) is 0 Å². The van der Waals surface area contributed by atoms with Crippen molar-refractivity contribution in [2.75, 3.05) is 48.3 Å². The van der Waals surface area contributed by atoms with Gasteiger partial charge in [-0.3, -0.25) is 4.79 Å². The number of nitrogens with one attached hydrogen (secondary N) is 1. The van der Waals surface area contributed by atoms with Gasteiger partial charge in [0.05, 0.1) is 11.3 Å². The smallest absolute Gasteiger partial charge is 0.321 e. The molecule has 5 rings (SSSR count). The van der Waals surface area contributed by atoms with Gasteiger partial charge in [0.1, 0.15) is 0 Å². The number of hydrogen-bond donors (Lipinski definition) is 1. The second-order valence-corrected chi connectivity index (χ2v) is 8.97. The van der Waals surface area contributed by atoms with E-state index in [2.05, 4.69) is 22.3 Å². The largest absolute Gasteiger partial charge is 0.368 e. The summed E-state index contributed by atoms with van der Waals surface area (Å²) in [4.78, 5) is 33.5. The fourth-order valence-electron chi connectivity index (χ4n) is 4.09. The Labute approximate surface area is 191 Å². The molecule has 0 unspecified atom stereocenters. The standard InChI is InChI=1S/C25H24N4O2S/c1-27-21-17-18(11-12-23(21)32-22-10-6-5-9-20(22)24(27)30)26-25(31)29-15-13-28(14-16-29)19-7-3-2-4-8-19/h2-12,17H,13-16H2,1H3,(H,26,31). The molecule has 2 aliphatic rings. The van der Waals surface area contributed by atoms with E-state index < -0.39 is 0 Å². The number of nitrogens with zero attached hydrogens (tertiary/aromatic N) is 3. The van der Waals surface area contributed by atoms with Gasteiger partial charge >= 0.3 is 6.03 Å². The van der Waals surface area contributed by atoms with E-state index in [1.54, 1.807) is 23.7 Å². The molecule has 2 aliphatic heterocycles. The number of carbonyl (C=O) groups is 2. The molecule has 162 valence electrons. The molecule has 3 aromatic carbocycles. The van der Waals surface area contributed by atoms with Crippen molar-refractivity contribution >= 4 is 40.8 Å². The first-order valence-electron chi connectivity index (χ1n) is 10.6. The fourth-order valence-corrected chi connectivity index (χ4v) is 5.18. The lowest BCUT2D eigenvalue weighted by Gasteiger charge is -2.36. The molecule has 0 atom stereocenters. The summed E-state index contributed by atoms with van der Waals surface area (Å²) < 4.78 is 0. The number of amides is 3. The number of para-hydroxylation sites is 1. The summed E-state index contributed by atoms with van der Waals surface area (Å²) in [5, 5.41) is 3.01. The van der Waals surface area contributed by atoms with E-state index in [0.717, 1.165) is 28.6 Å². The third-order valence-corrected chi connectivity index (χ3v) is 7.04. The minimum atomic E-state index is -0.115. The van der Waals surface area contributed by atoms with Crippen molar-refractivity contribution in [1.82, 2.24) is 4.90 Å². The Bertz CT molecular complexity index is 1160. The molecule has 0 aromatic heterocycles. The van der Waals surface area contributed by atoms with Crippen LogP contribution in [0.15, 0.2) is 82.6 Å². The number of anilines is 3. The van der Waals surface area contributed by atoms with Crippen LogP contribution in [0, 0.1) is 0 Å². The summed E-state index contributed by atoms with van der Waals surface area (Å²) in [5.74, 6) is -0.0487. The van der Waals surface area contributed by atoms with Crippen LogP contribution in [0.3, 0.4) is 0 Å². The van der Waals surface area contributed by atoms with Crippen LogP contribution in [0.5, 0.6) is 0 Å². The molecule has 3 aromatic rings. The van der Waals surface area contributed by atoms with Gasteiger partial charge in [-0.1, -0.05) is 42.1 Å². The molecular weight excluding hydrogens is 420 g/mol. The van der Waals surface area contributed by atoms with Crippen molar-refractivity contribution in [1.29, 1.82) is 0 Å². The maximum Gasteiger partial charge on any atom is 0.321 e. The molecule has 3 amide bonds. The topological polar surface area (TPSA) is 55.9 Å². The fraction of sp³-hybridized carbons (Fsp3) is 0.200. The first-order chi connectivity index (χ1) is 15.6. The first kappa shape index (κ1) is 20.5. The predicted molar refractivity (Wildman–Crippen MR) is 129 cm³/mol. The van der Waals surface area contributed by atoms with Gasteiger partial charge in [0.15, 0.2) is 0 Å². The van der Waals surface area contributed by atoms with Gasteiger partial charge < -0.3 is 20.0 Å². The molecular formula is C25H24N4O2S. The summed E-state index contributed by atoms with van der Waals surface area (Å²) in [6.45, 7) is 2.92. The maximum atomic E-state index is 12.9. The highest BCUT2D eigenvalue weighted by atomic mass is 32.2. The van der Waals surface area contributed by atoms with Gasteiger partial charge in [-0.2, -0.15) is 0 Å². The SMILES string of the molecule is CN1C(=O)c2ccccc2Sc2ccc(NC(=O)N3CCN(c4ccccc4)CC3)cc21. The minimum absolute atomic E-state index is 0.0487. The van der Waals surface area contributed by atoms with Gasteiger partial charge in [0.2, 0.25) is 0 Å². The Morgan fingerprint density at radius 2 is 1.59 bits per heavy atom. The number of benzene rings is 3. The van der Waals surface area contributed by atoms with Crippen LogP contribution in [-0.4, -0.2) is 50.1 Å². The highest BCUT2D eigenvalue weighted by Gasteiger charge is 2.26. The Morgan fingerprint density at radius 3 is 2.38 bits per heavy atom.